The summed E-state index contributed by atoms with van der Waals surface area (Å²) >= 11 is 0. The molecular formula is C11H18N2. The van der Waals surface area contributed by atoms with E-state index in [1.165, 1.54) is 17.6 Å². The number of hydrogen-bond donors (Lipinski definition) is 0. The van der Waals surface area contributed by atoms with Gasteiger partial charge in [-0.15, -0.1) is 0 Å². The second-order valence-corrected chi connectivity index (χ2v) is 3.29. The maximum atomic E-state index is 4.18. The van der Waals surface area contributed by atoms with Gasteiger partial charge >= 0.3 is 0 Å². The lowest BCUT2D eigenvalue weighted by atomic mass is 10.0. The maximum absolute atomic E-state index is 4.18. The number of aryl methyl sites for hydroxylation is 1. The first-order chi connectivity index (χ1) is 6.27. The third kappa shape index (κ3) is 2.72. The van der Waals surface area contributed by atoms with Gasteiger partial charge in [0.05, 0.1) is 6.20 Å². The highest BCUT2D eigenvalue weighted by atomic mass is 15.2. The van der Waals surface area contributed by atoms with E-state index in [0.717, 1.165) is 12.8 Å². The Hall–Kier alpha value is -1.05. The molecule has 2 nitrogen and oxygen atoms in total. The Morgan fingerprint density at radius 2 is 2.31 bits per heavy atom. The first-order valence-electron chi connectivity index (χ1n) is 4.96. The van der Waals surface area contributed by atoms with Crippen LogP contribution in [0, 0.1) is 0 Å². The van der Waals surface area contributed by atoms with Crippen LogP contribution >= 0.6 is 0 Å². The molecule has 0 bridgehead atoms. The van der Waals surface area contributed by atoms with Crippen molar-refractivity contribution in [3.8, 4) is 0 Å². The highest BCUT2D eigenvalue weighted by molar-refractivity contribution is 5.64. The average Bonchev–Trinajstić information content (AvgIpc) is 2.51. The smallest absolute Gasteiger partial charge is 0.0564 e. The molecule has 2 heteroatoms. The van der Waals surface area contributed by atoms with Crippen molar-refractivity contribution in [3.63, 3.8) is 0 Å². The Morgan fingerprint density at radius 3 is 2.77 bits per heavy atom. The van der Waals surface area contributed by atoms with Gasteiger partial charge in [0.25, 0.3) is 0 Å². The van der Waals surface area contributed by atoms with Crippen LogP contribution in [-0.4, -0.2) is 9.78 Å². The van der Waals surface area contributed by atoms with Crippen LogP contribution in [0.2, 0.25) is 0 Å². The number of hydrogen-bond acceptors (Lipinski definition) is 1. The van der Waals surface area contributed by atoms with Gasteiger partial charge in [-0.05, 0) is 18.4 Å². The minimum atomic E-state index is 1.10. The lowest BCUT2D eigenvalue weighted by molar-refractivity contribution is 0.767. The molecule has 0 aliphatic heterocycles. The molecule has 0 spiro atoms. The molecule has 0 N–H and O–H groups in total. The second-order valence-electron chi connectivity index (χ2n) is 3.29. The lowest BCUT2D eigenvalue weighted by Crippen LogP contribution is -1.85. The van der Waals surface area contributed by atoms with Crippen molar-refractivity contribution in [1.82, 2.24) is 9.78 Å². The molecule has 0 radical (unpaired) electrons. The Labute approximate surface area is 80.3 Å². The van der Waals surface area contributed by atoms with E-state index >= 15 is 0 Å². The van der Waals surface area contributed by atoms with Crippen LogP contribution in [0.25, 0.3) is 5.57 Å². The standard InChI is InChI=1S/C11H18N2/c1-4-6-10(7-5-2)11-8-12-13(3)9-11/h6,8-9H,4-5,7H2,1-3H3/b10-6+. The Morgan fingerprint density at radius 1 is 1.54 bits per heavy atom. The fourth-order valence-electron chi connectivity index (χ4n) is 1.47. The Kier molecular flexibility index (Phi) is 3.74. The van der Waals surface area contributed by atoms with Crippen molar-refractivity contribution < 1.29 is 0 Å². The first-order valence-corrected chi connectivity index (χ1v) is 4.96. The van der Waals surface area contributed by atoms with Crippen molar-refractivity contribution in [2.75, 3.05) is 0 Å². The Bertz CT molecular complexity index is 284. The molecule has 0 aliphatic carbocycles. The van der Waals surface area contributed by atoms with Crippen molar-refractivity contribution in [3.05, 3.63) is 24.0 Å². The van der Waals surface area contributed by atoms with Crippen molar-refractivity contribution in [2.45, 2.75) is 33.1 Å². The summed E-state index contributed by atoms with van der Waals surface area (Å²) in [6, 6.07) is 0. The summed E-state index contributed by atoms with van der Waals surface area (Å²) in [4.78, 5) is 0. The predicted octanol–water partition coefficient (Wildman–Crippen LogP) is 3.01. The van der Waals surface area contributed by atoms with Crippen LogP contribution in [0.3, 0.4) is 0 Å². The largest absolute Gasteiger partial charge is 0.275 e. The zero-order valence-corrected chi connectivity index (χ0v) is 8.75. The molecule has 0 aliphatic rings. The van der Waals surface area contributed by atoms with E-state index in [0.29, 0.717) is 0 Å². The van der Waals surface area contributed by atoms with Gasteiger partial charge in [0.15, 0.2) is 0 Å². The highest BCUT2D eigenvalue weighted by Gasteiger charge is 2.01. The summed E-state index contributed by atoms with van der Waals surface area (Å²) < 4.78 is 1.86. The molecule has 0 aromatic carbocycles. The van der Waals surface area contributed by atoms with E-state index in [4.69, 9.17) is 0 Å². The number of nitrogens with zero attached hydrogens (tertiary/aromatic N) is 2. The van der Waals surface area contributed by atoms with Crippen LogP contribution in [-0.2, 0) is 7.05 Å². The van der Waals surface area contributed by atoms with Gasteiger partial charge in [-0.2, -0.15) is 5.10 Å². The fraction of sp³-hybridized carbons (Fsp3) is 0.545. The van der Waals surface area contributed by atoms with Crippen molar-refractivity contribution >= 4 is 5.57 Å². The molecule has 0 saturated heterocycles. The third-order valence-electron chi connectivity index (χ3n) is 2.05. The monoisotopic (exact) mass is 178 g/mol. The predicted molar refractivity (Wildman–Crippen MR) is 56.4 cm³/mol. The van der Waals surface area contributed by atoms with Crippen molar-refractivity contribution in [1.29, 1.82) is 0 Å². The minimum Gasteiger partial charge on any atom is -0.275 e. The van der Waals surface area contributed by atoms with E-state index in [2.05, 4.69) is 31.2 Å². The third-order valence-corrected chi connectivity index (χ3v) is 2.05. The van der Waals surface area contributed by atoms with Crippen LogP contribution in [0.4, 0.5) is 0 Å². The molecule has 0 unspecified atom stereocenters. The highest BCUT2D eigenvalue weighted by Crippen LogP contribution is 2.19. The Balaban J connectivity index is 2.82. The van der Waals surface area contributed by atoms with E-state index in [9.17, 15) is 0 Å². The molecule has 0 fully saturated rings. The molecule has 1 rings (SSSR count). The van der Waals surface area contributed by atoms with E-state index in [1.54, 1.807) is 0 Å². The normalized spacial score (nSPS) is 12.1. The quantitative estimate of drug-likeness (QED) is 0.693. The molecule has 1 aromatic rings. The minimum absolute atomic E-state index is 1.10. The van der Waals surface area contributed by atoms with Crippen LogP contribution in [0.5, 0.6) is 0 Å². The van der Waals surface area contributed by atoms with Crippen LogP contribution < -0.4 is 0 Å². The fourth-order valence-corrected chi connectivity index (χ4v) is 1.47. The van der Waals surface area contributed by atoms with Gasteiger partial charge in [-0.3, -0.25) is 4.68 Å². The SMILES string of the molecule is CC/C=C(\CCC)c1cnn(C)c1. The van der Waals surface area contributed by atoms with Gasteiger partial charge < -0.3 is 0 Å². The average molecular weight is 178 g/mol. The van der Waals surface area contributed by atoms with Gasteiger partial charge in [0, 0.05) is 18.8 Å². The second kappa shape index (κ2) is 4.85. The molecule has 1 aromatic heterocycles. The summed E-state index contributed by atoms with van der Waals surface area (Å²) in [7, 11) is 1.96. The van der Waals surface area contributed by atoms with Crippen LogP contribution in [0.1, 0.15) is 38.7 Å². The zero-order valence-electron chi connectivity index (χ0n) is 8.75. The van der Waals surface area contributed by atoms with E-state index in [1.807, 2.05) is 17.9 Å². The topological polar surface area (TPSA) is 17.8 Å². The summed E-state index contributed by atoms with van der Waals surface area (Å²) in [6.07, 6.45) is 9.76. The summed E-state index contributed by atoms with van der Waals surface area (Å²) in [5.41, 5.74) is 2.70. The summed E-state index contributed by atoms with van der Waals surface area (Å²) in [6.45, 7) is 4.38. The number of allylic oxidation sites excluding steroid dienone is 2. The maximum Gasteiger partial charge on any atom is 0.0564 e. The number of aromatic nitrogens is 2. The molecule has 1 heterocycles. The van der Waals surface area contributed by atoms with E-state index in [-0.39, 0.29) is 0 Å². The van der Waals surface area contributed by atoms with Gasteiger partial charge in [-0.25, -0.2) is 0 Å². The van der Waals surface area contributed by atoms with Gasteiger partial charge in [-0.1, -0.05) is 26.3 Å². The number of rotatable bonds is 4. The van der Waals surface area contributed by atoms with Gasteiger partial charge in [0.1, 0.15) is 0 Å². The molecule has 0 atom stereocenters. The summed E-state index contributed by atoms with van der Waals surface area (Å²) in [5.74, 6) is 0. The summed E-state index contributed by atoms with van der Waals surface area (Å²) in [5, 5.41) is 4.18. The lowest BCUT2D eigenvalue weighted by Gasteiger charge is -2.01. The van der Waals surface area contributed by atoms with Crippen LogP contribution in [0.15, 0.2) is 18.5 Å². The molecule has 0 amide bonds. The molecule has 13 heavy (non-hydrogen) atoms. The van der Waals surface area contributed by atoms with Crippen molar-refractivity contribution in [2.24, 2.45) is 7.05 Å². The zero-order chi connectivity index (χ0) is 9.68. The molecular weight excluding hydrogens is 160 g/mol. The molecule has 72 valence electrons. The first kappa shape index (κ1) is 10.0. The molecule has 0 saturated carbocycles. The van der Waals surface area contributed by atoms with Gasteiger partial charge in [0.2, 0.25) is 0 Å². The van der Waals surface area contributed by atoms with E-state index < -0.39 is 0 Å².